The van der Waals surface area contributed by atoms with Crippen molar-refractivity contribution in [1.82, 2.24) is 4.98 Å². The largest absolute Gasteiger partial charge is 0.373 e. The maximum atomic E-state index is 12.9. The molecule has 0 radical (unpaired) electrons. The van der Waals surface area contributed by atoms with Gasteiger partial charge in [0.25, 0.3) is 5.69 Å². The van der Waals surface area contributed by atoms with Gasteiger partial charge < -0.3 is 5.32 Å². The lowest BCUT2D eigenvalue weighted by Gasteiger charge is -2.16. The molecule has 21 heavy (non-hydrogen) atoms. The number of nitrogens with zero attached hydrogens (tertiary/aromatic N) is 2. The van der Waals surface area contributed by atoms with Gasteiger partial charge in [0.15, 0.2) is 0 Å². The summed E-state index contributed by atoms with van der Waals surface area (Å²) in [5, 5.41) is 13.6. The van der Waals surface area contributed by atoms with Crippen molar-refractivity contribution in [2.24, 2.45) is 0 Å². The topological polar surface area (TPSA) is 68.1 Å². The summed E-state index contributed by atoms with van der Waals surface area (Å²) in [6, 6.07) is 2.39. The number of aryl methyl sites for hydroxylation is 1. The van der Waals surface area contributed by atoms with Gasteiger partial charge in [0.1, 0.15) is 5.69 Å². The van der Waals surface area contributed by atoms with Crippen LogP contribution in [-0.4, -0.2) is 28.8 Å². The van der Waals surface area contributed by atoms with E-state index in [-0.39, 0.29) is 5.69 Å². The molecule has 0 amide bonds. The number of hydrogen-bond acceptors (Lipinski definition) is 5. The van der Waals surface area contributed by atoms with Gasteiger partial charge in [0.05, 0.1) is 26.7 Å². The summed E-state index contributed by atoms with van der Waals surface area (Å²) in [7, 11) is 0. The van der Waals surface area contributed by atoms with E-state index in [9.17, 15) is 27.7 Å². The minimum atomic E-state index is -4.28. The number of fused-ring (bicyclic) bond motifs is 1. The minimum absolute atomic E-state index is 0.266. The fraction of sp³-hybridized carbons (Fsp3) is 0.364. The van der Waals surface area contributed by atoms with Crippen LogP contribution >= 0.6 is 11.3 Å². The van der Waals surface area contributed by atoms with Crippen LogP contribution in [0.3, 0.4) is 0 Å². The lowest BCUT2D eigenvalue weighted by molar-refractivity contribution is -0.383. The average Bonchev–Trinajstić information content (AvgIpc) is 2.73. The second kappa shape index (κ2) is 5.43. The quantitative estimate of drug-likeness (QED) is 0.516. The van der Waals surface area contributed by atoms with Crippen molar-refractivity contribution >= 4 is 32.9 Å². The molecule has 1 aromatic carbocycles. The SMILES string of the molecule is Cc1nc2cc(NCC(F)(F)C(F)F)c([N+](=O)[O-])cc2s1. The van der Waals surface area contributed by atoms with Crippen LogP contribution in [0.5, 0.6) is 0 Å². The fourth-order valence-electron chi connectivity index (χ4n) is 1.66. The summed E-state index contributed by atoms with van der Waals surface area (Å²) in [5.41, 5.74) is -0.347. The first-order valence-electron chi connectivity index (χ1n) is 5.66. The summed E-state index contributed by atoms with van der Waals surface area (Å²) >= 11 is 1.21. The van der Waals surface area contributed by atoms with E-state index in [1.807, 2.05) is 5.32 Å². The van der Waals surface area contributed by atoms with Crippen LogP contribution in [0.25, 0.3) is 10.2 Å². The summed E-state index contributed by atoms with van der Waals surface area (Å²) < 4.78 is 50.5. The van der Waals surface area contributed by atoms with E-state index in [0.29, 0.717) is 15.2 Å². The fourth-order valence-corrected chi connectivity index (χ4v) is 2.50. The first-order valence-corrected chi connectivity index (χ1v) is 6.48. The monoisotopic (exact) mass is 323 g/mol. The normalized spacial score (nSPS) is 12.1. The Morgan fingerprint density at radius 2 is 2.14 bits per heavy atom. The van der Waals surface area contributed by atoms with Crippen molar-refractivity contribution in [3.05, 3.63) is 27.3 Å². The van der Waals surface area contributed by atoms with Gasteiger partial charge in [0.2, 0.25) is 0 Å². The molecule has 0 saturated heterocycles. The minimum Gasteiger partial charge on any atom is -0.373 e. The molecular formula is C11H9F4N3O2S. The third-order valence-electron chi connectivity index (χ3n) is 2.64. The Labute approximate surface area is 119 Å². The molecule has 2 rings (SSSR count). The van der Waals surface area contributed by atoms with Gasteiger partial charge in [0, 0.05) is 6.07 Å². The van der Waals surface area contributed by atoms with Crippen LogP contribution in [0.1, 0.15) is 5.01 Å². The molecule has 0 aliphatic heterocycles. The Morgan fingerprint density at radius 3 is 2.71 bits per heavy atom. The second-order valence-electron chi connectivity index (χ2n) is 4.24. The third-order valence-corrected chi connectivity index (χ3v) is 3.58. The van der Waals surface area contributed by atoms with Crippen molar-refractivity contribution in [1.29, 1.82) is 0 Å². The molecule has 0 spiro atoms. The smallest absolute Gasteiger partial charge is 0.324 e. The predicted octanol–water partition coefficient (Wildman–Crippen LogP) is 3.83. The number of nitro benzene ring substituents is 1. The van der Waals surface area contributed by atoms with E-state index in [2.05, 4.69) is 4.98 Å². The standard InChI is InChI=1S/C11H9F4N3O2S/c1-5-17-7-2-6(16-4-11(14,15)10(12)13)8(18(19)20)3-9(7)21-5/h2-3,10,16H,4H2,1H3. The molecular weight excluding hydrogens is 314 g/mol. The molecule has 2 aromatic rings. The van der Waals surface area contributed by atoms with Gasteiger partial charge in [-0.2, -0.15) is 8.78 Å². The highest BCUT2D eigenvalue weighted by Crippen LogP contribution is 2.34. The number of benzene rings is 1. The lowest BCUT2D eigenvalue weighted by atomic mass is 10.2. The first kappa shape index (κ1) is 15.4. The number of nitro groups is 1. The van der Waals surface area contributed by atoms with Crippen LogP contribution in [0.15, 0.2) is 12.1 Å². The van der Waals surface area contributed by atoms with Crippen molar-refractivity contribution in [2.75, 3.05) is 11.9 Å². The lowest BCUT2D eigenvalue weighted by Crippen LogP contribution is -2.34. The highest BCUT2D eigenvalue weighted by atomic mass is 32.1. The van der Waals surface area contributed by atoms with Crippen LogP contribution in [0.2, 0.25) is 0 Å². The van der Waals surface area contributed by atoms with Gasteiger partial charge in [-0.05, 0) is 13.0 Å². The Hall–Kier alpha value is -1.97. The van der Waals surface area contributed by atoms with Gasteiger partial charge in [-0.25, -0.2) is 13.8 Å². The van der Waals surface area contributed by atoms with Crippen LogP contribution in [-0.2, 0) is 0 Å². The number of halogens is 4. The number of alkyl halides is 4. The Balaban J connectivity index is 2.37. The van der Waals surface area contributed by atoms with Crippen molar-refractivity contribution < 1.29 is 22.5 Å². The third kappa shape index (κ3) is 3.20. The van der Waals surface area contributed by atoms with Gasteiger partial charge in [-0.1, -0.05) is 0 Å². The molecule has 1 N–H and O–H groups in total. The Kier molecular flexibility index (Phi) is 3.99. The molecule has 0 fully saturated rings. The summed E-state index contributed by atoms with van der Waals surface area (Å²) in [4.78, 5) is 14.3. The molecule has 0 aliphatic carbocycles. The van der Waals surface area contributed by atoms with Gasteiger partial charge in [-0.15, -0.1) is 11.3 Å². The molecule has 10 heteroatoms. The molecule has 0 atom stereocenters. The molecule has 1 heterocycles. The molecule has 0 saturated carbocycles. The van der Waals surface area contributed by atoms with Crippen LogP contribution in [0, 0.1) is 17.0 Å². The summed E-state index contributed by atoms with van der Waals surface area (Å²) in [6.07, 6.45) is -3.85. The number of anilines is 1. The predicted molar refractivity (Wildman–Crippen MR) is 70.5 cm³/mol. The molecule has 0 aliphatic rings. The van der Waals surface area contributed by atoms with E-state index >= 15 is 0 Å². The zero-order valence-electron chi connectivity index (χ0n) is 10.6. The van der Waals surface area contributed by atoms with Crippen LogP contribution < -0.4 is 5.32 Å². The second-order valence-corrected chi connectivity index (χ2v) is 5.48. The number of aromatic nitrogens is 1. The number of thiazole rings is 1. The molecule has 1 aromatic heterocycles. The highest BCUT2D eigenvalue weighted by Gasteiger charge is 2.40. The Bertz CT molecular complexity index is 689. The highest BCUT2D eigenvalue weighted by molar-refractivity contribution is 7.18. The maximum Gasteiger partial charge on any atom is 0.324 e. The van der Waals surface area contributed by atoms with Gasteiger partial charge >= 0.3 is 12.3 Å². The van der Waals surface area contributed by atoms with Gasteiger partial charge in [-0.3, -0.25) is 10.1 Å². The zero-order chi connectivity index (χ0) is 15.8. The van der Waals surface area contributed by atoms with Crippen molar-refractivity contribution in [3.8, 4) is 0 Å². The average molecular weight is 323 g/mol. The van der Waals surface area contributed by atoms with E-state index in [1.54, 1.807) is 6.92 Å². The number of rotatable bonds is 5. The van der Waals surface area contributed by atoms with E-state index < -0.39 is 29.5 Å². The number of nitrogens with one attached hydrogen (secondary N) is 1. The maximum absolute atomic E-state index is 12.9. The molecule has 114 valence electrons. The van der Waals surface area contributed by atoms with E-state index in [1.165, 1.54) is 23.5 Å². The molecule has 0 bridgehead atoms. The summed E-state index contributed by atoms with van der Waals surface area (Å²) in [6.45, 7) is 0.286. The molecule has 5 nitrogen and oxygen atoms in total. The first-order chi connectivity index (χ1) is 9.70. The Morgan fingerprint density at radius 1 is 1.48 bits per heavy atom. The van der Waals surface area contributed by atoms with E-state index in [0.717, 1.165) is 0 Å². The van der Waals surface area contributed by atoms with Crippen molar-refractivity contribution in [2.45, 2.75) is 19.3 Å². The summed E-state index contributed by atoms with van der Waals surface area (Å²) in [5.74, 6) is -4.28. The van der Waals surface area contributed by atoms with Crippen molar-refractivity contribution in [3.63, 3.8) is 0 Å². The van der Waals surface area contributed by atoms with E-state index in [4.69, 9.17) is 0 Å². The zero-order valence-corrected chi connectivity index (χ0v) is 11.4. The molecule has 0 unspecified atom stereocenters. The number of hydrogen-bond donors (Lipinski definition) is 1. The van der Waals surface area contributed by atoms with Crippen LogP contribution in [0.4, 0.5) is 28.9 Å².